The number of hydrogen-bond donors (Lipinski definition) is 2. The Morgan fingerprint density at radius 2 is 2.35 bits per heavy atom. The summed E-state index contributed by atoms with van der Waals surface area (Å²) in [6.45, 7) is 0. The zero-order valence-electron chi connectivity index (χ0n) is 8.76. The van der Waals surface area contributed by atoms with Crippen molar-refractivity contribution in [1.82, 2.24) is 4.98 Å². The van der Waals surface area contributed by atoms with Gasteiger partial charge in [0, 0.05) is 10.7 Å². The fourth-order valence-corrected chi connectivity index (χ4v) is 2.47. The molecule has 0 aliphatic rings. The van der Waals surface area contributed by atoms with E-state index in [1.165, 1.54) is 11.3 Å². The van der Waals surface area contributed by atoms with Crippen molar-refractivity contribution in [2.24, 2.45) is 5.73 Å². The van der Waals surface area contributed by atoms with Gasteiger partial charge in [0.25, 0.3) is 0 Å². The van der Waals surface area contributed by atoms with Crippen LogP contribution in [0, 0.1) is 0 Å². The summed E-state index contributed by atoms with van der Waals surface area (Å²) in [6, 6.07) is 3.19. The smallest absolute Gasteiger partial charge is 0.244 e. The molecule has 1 atom stereocenters. The Kier molecular flexibility index (Phi) is 3.75. The highest BCUT2D eigenvalue weighted by molar-refractivity contribution is 9.10. The molecule has 0 aliphatic carbocycles. The topological polar surface area (TPSA) is 68.0 Å². The van der Waals surface area contributed by atoms with E-state index in [0.29, 0.717) is 0 Å². The second-order valence-electron chi connectivity index (χ2n) is 3.43. The number of thiophene rings is 1. The molecule has 2 rings (SSSR count). The van der Waals surface area contributed by atoms with E-state index in [0.717, 1.165) is 15.7 Å². The lowest BCUT2D eigenvalue weighted by Gasteiger charge is -2.15. The summed E-state index contributed by atoms with van der Waals surface area (Å²) in [5.41, 5.74) is 6.99. The highest BCUT2D eigenvalue weighted by atomic mass is 79.9. The van der Waals surface area contributed by atoms with Gasteiger partial charge in [0.2, 0.25) is 5.91 Å². The number of halogens is 1. The van der Waals surface area contributed by atoms with E-state index >= 15 is 0 Å². The maximum absolute atomic E-state index is 11.4. The summed E-state index contributed by atoms with van der Waals surface area (Å²) in [6.07, 6.45) is 3.32. The molecule has 2 aromatic rings. The normalized spacial score (nSPS) is 12.1. The van der Waals surface area contributed by atoms with Crippen LogP contribution in [-0.2, 0) is 4.79 Å². The lowest BCUT2D eigenvalue weighted by Crippen LogP contribution is -2.27. The van der Waals surface area contributed by atoms with Crippen LogP contribution in [-0.4, -0.2) is 10.9 Å². The van der Waals surface area contributed by atoms with Crippen molar-refractivity contribution >= 4 is 38.9 Å². The molecule has 0 saturated heterocycles. The molecule has 0 radical (unpaired) electrons. The van der Waals surface area contributed by atoms with Crippen molar-refractivity contribution in [2.75, 3.05) is 5.32 Å². The van der Waals surface area contributed by atoms with Crippen LogP contribution in [0.4, 0.5) is 5.69 Å². The van der Waals surface area contributed by atoms with Crippen LogP contribution >= 0.6 is 27.3 Å². The van der Waals surface area contributed by atoms with Gasteiger partial charge in [0.1, 0.15) is 6.04 Å². The Labute approximate surface area is 111 Å². The molecule has 88 valence electrons. The summed E-state index contributed by atoms with van der Waals surface area (Å²) in [5.74, 6) is -0.414. The molecular weight excluding hydrogens is 302 g/mol. The van der Waals surface area contributed by atoms with Crippen LogP contribution in [0.25, 0.3) is 0 Å². The van der Waals surface area contributed by atoms with Crippen LogP contribution in [0.1, 0.15) is 11.6 Å². The maximum Gasteiger partial charge on any atom is 0.244 e. The standard InChI is InChI=1S/C11H10BrN3OS/c12-8-3-9(5-14-4-8)15-10(11(13)16)7-1-2-17-6-7/h1-6,10,15H,(H2,13,16)/t10-/m1/s1. The number of aromatic nitrogens is 1. The summed E-state index contributed by atoms with van der Waals surface area (Å²) in [4.78, 5) is 15.4. The number of carbonyl (C=O) groups is 1. The first-order valence-corrected chi connectivity index (χ1v) is 6.59. The number of nitrogens with two attached hydrogens (primary N) is 1. The van der Waals surface area contributed by atoms with Crippen molar-refractivity contribution in [2.45, 2.75) is 6.04 Å². The Morgan fingerprint density at radius 1 is 1.53 bits per heavy atom. The summed E-state index contributed by atoms with van der Waals surface area (Å²) < 4.78 is 0.844. The van der Waals surface area contributed by atoms with Gasteiger partial charge in [-0.2, -0.15) is 11.3 Å². The van der Waals surface area contributed by atoms with Gasteiger partial charge < -0.3 is 11.1 Å². The molecule has 0 saturated carbocycles. The molecule has 2 heterocycles. The number of primary amides is 1. The quantitative estimate of drug-likeness (QED) is 0.911. The van der Waals surface area contributed by atoms with Gasteiger partial charge in [-0.05, 0) is 44.4 Å². The van der Waals surface area contributed by atoms with Crippen molar-refractivity contribution in [3.8, 4) is 0 Å². The van der Waals surface area contributed by atoms with Crippen LogP contribution in [0.3, 0.4) is 0 Å². The number of anilines is 1. The number of nitrogens with zero attached hydrogens (tertiary/aromatic N) is 1. The number of nitrogens with one attached hydrogen (secondary N) is 1. The second-order valence-corrected chi connectivity index (χ2v) is 5.12. The van der Waals surface area contributed by atoms with E-state index in [1.54, 1.807) is 12.4 Å². The molecule has 0 unspecified atom stereocenters. The second kappa shape index (κ2) is 5.29. The molecular formula is C11H10BrN3OS. The van der Waals surface area contributed by atoms with Crippen LogP contribution in [0.15, 0.2) is 39.8 Å². The third-order valence-corrected chi connectivity index (χ3v) is 3.31. The summed E-state index contributed by atoms with van der Waals surface area (Å²) >= 11 is 4.85. The van der Waals surface area contributed by atoms with Gasteiger partial charge in [0.05, 0.1) is 11.9 Å². The van der Waals surface area contributed by atoms with Gasteiger partial charge in [0.15, 0.2) is 0 Å². The van der Waals surface area contributed by atoms with Crippen LogP contribution < -0.4 is 11.1 Å². The average molecular weight is 312 g/mol. The van der Waals surface area contributed by atoms with Crippen molar-refractivity contribution in [3.63, 3.8) is 0 Å². The van der Waals surface area contributed by atoms with E-state index in [4.69, 9.17) is 5.73 Å². The SMILES string of the molecule is NC(=O)[C@H](Nc1cncc(Br)c1)c1ccsc1. The molecule has 17 heavy (non-hydrogen) atoms. The van der Waals surface area contributed by atoms with Gasteiger partial charge in [-0.3, -0.25) is 9.78 Å². The predicted molar refractivity (Wildman–Crippen MR) is 71.8 cm³/mol. The zero-order chi connectivity index (χ0) is 12.3. The minimum Gasteiger partial charge on any atom is -0.369 e. The third kappa shape index (κ3) is 3.04. The molecule has 6 heteroatoms. The highest BCUT2D eigenvalue weighted by Crippen LogP contribution is 2.22. The van der Waals surface area contributed by atoms with Gasteiger partial charge in [-0.25, -0.2) is 0 Å². The largest absolute Gasteiger partial charge is 0.369 e. The van der Waals surface area contributed by atoms with Crippen LogP contribution in [0.2, 0.25) is 0 Å². The maximum atomic E-state index is 11.4. The molecule has 0 aromatic carbocycles. The highest BCUT2D eigenvalue weighted by Gasteiger charge is 2.17. The van der Waals surface area contributed by atoms with Crippen molar-refractivity contribution in [1.29, 1.82) is 0 Å². The molecule has 0 bridgehead atoms. The van der Waals surface area contributed by atoms with Crippen molar-refractivity contribution in [3.05, 3.63) is 45.3 Å². The summed E-state index contributed by atoms with van der Waals surface area (Å²) in [7, 11) is 0. The lowest BCUT2D eigenvalue weighted by atomic mass is 10.1. The van der Waals surface area contributed by atoms with E-state index in [2.05, 4.69) is 26.2 Å². The Morgan fingerprint density at radius 3 is 2.94 bits per heavy atom. The third-order valence-electron chi connectivity index (χ3n) is 2.18. The molecule has 2 aromatic heterocycles. The Balaban J connectivity index is 2.22. The fourth-order valence-electron chi connectivity index (χ4n) is 1.42. The number of pyridine rings is 1. The Hall–Kier alpha value is -1.40. The average Bonchev–Trinajstić information content (AvgIpc) is 2.78. The monoisotopic (exact) mass is 311 g/mol. The fraction of sp³-hybridized carbons (Fsp3) is 0.0909. The molecule has 0 fully saturated rings. The van der Waals surface area contributed by atoms with E-state index in [-0.39, 0.29) is 0 Å². The van der Waals surface area contributed by atoms with E-state index in [1.807, 2.05) is 22.9 Å². The first-order chi connectivity index (χ1) is 8.16. The van der Waals surface area contributed by atoms with Gasteiger partial charge in [-0.15, -0.1) is 0 Å². The number of carbonyl (C=O) groups excluding carboxylic acids is 1. The van der Waals surface area contributed by atoms with Crippen LogP contribution in [0.5, 0.6) is 0 Å². The minimum absolute atomic E-state index is 0.414. The molecule has 0 spiro atoms. The van der Waals surface area contributed by atoms with E-state index in [9.17, 15) is 4.79 Å². The first kappa shape index (κ1) is 12.1. The number of hydrogen-bond acceptors (Lipinski definition) is 4. The lowest BCUT2D eigenvalue weighted by molar-refractivity contribution is -0.118. The minimum atomic E-state index is -0.530. The van der Waals surface area contributed by atoms with Gasteiger partial charge in [-0.1, -0.05) is 0 Å². The molecule has 4 nitrogen and oxygen atoms in total. The van der Waals surface area contributed by atoms with Crippen molar-refractivity contribution < 1.29 is 4.79 Å². The molecule has 0 aliphatic heterocycles. The molecule has 1 amide bonds. The number of rotatable bonds is 4. The predicted octanol–water partition coefficient (Wildman–Crippen LogP) is 2.54. The Bertz CT molecular complexity index is 515. The summed E-state index contributed by atoms with van der Waals surface area (Å²) in [5, 5.41) is 6.87. The van der Waals surface area contributed by atoms with E-state index < -0.39 is 11.9 Å². The molecule has 3 N–H and O–H groups in total. The van der Waals surface area contributed by atoms with Gasteiger partial charge >= 0.3 is 0 Å². The zero-order valence-corrected chi connectivity index (χ0v) is 11.2. The number of amides is 1. The first-order valence-electron chi connectivity index (χ1n) is 4.85.